The van der Waals surface area contributed by atoms with Crippen molar-refractivity contribution >= 4 is 9.46 Å². The van der Waals surface area contributed by atoms with Crippen LogP contribution in [-0.2, 0) is 0 Å². The van der Waals surface area contributed by atoms with Gasteiger partial charge in [-0.25, -0.2) is 0 Å². The van der Waals surface area contributed by atoms with Crippen LogP contribution in [0, 0.1) is 0 Å². The second kappa shape index (κ2) is 5.10. The lowest BCUT2D eigenvalue weighted by Gasteiger charge is -2.12. The number of rotatable bonds is 4. The molecule has 0 bridgehead atoms. The summed E-state index contributed by atoms with van der Waals surface area (Å²) in [5.41, 5.74) is 0.205. The van der Waals surface area contributed by atoms with Crippen LogP contribution >= 0.6 is 0 Å². The molecule has 0 spiro atoms. The molecule has 78 valence electrons. The van der Waals surface area contributed by atoms with Gasteiger partial charge in [-0.15, -0.1) is 0 Å². The number of hydrogen-bond acceptors (Lipinski definition) is 1. The highest BCUT2D eigenvalue weighted by atomic mass is 28.4. The van der Waals surface area contributed by atoms with Gasteiger partial charge in [-0.05, 0) is 24.1 Å². The van der Waals surface area contributed by atoms with Gasteiger partial charge in [0.1, 0.15) is 5.75 Å². The molecule has 14 heavy (non-hydrogen) atoms. The first-order valence-corrected chi connectivity index (χ1v) is 6.15. The van der Waals surface area contributed by atoms with Crippen molar-refractivity contribution in [1.82, 2.24) is 0 Å². The van der Waals surface area contributed by atoms with E-state index in [2.05, 4.69) is 0 Å². The number of benzene rings is 1. The molecule has 4 heteroatoms. The van der Waals surface area contributed by atoms with Gasteiger partial charge in [0.05, 0.1) is 7.11 Å². The van der Waals surface area contributed by atoms with E-state index in [0.29, 0.717) is 12.2 Å². The summed E-state index contributed by atoms with van der Waals surface area (Å²) in [6, 6.07) is 6.92. The summed E-state index contributed by atoms with van der Waals surface area (Å²) in [6.45, 7) is 1.80. The van der Waals surface area contributed by atoms with Crippen LogP contribution in [0.1, 0.15) is 24.4 Å². The maximum Gasteiger partial charge on any atom is 0.418 e. The SMILES string of the molecule is CCC(c1ccc(OC)cc1)[SiH](F)F. The molecule has 1 unspecified atom stereocenters. The molecule has 0 aliphatic carbocycles. The van der Waals surface area contributed by atoms with Crippen molar-refractivity contribution in [2.45, 2.75) is 18.9 Å². The van der Waals surface area contributed by atoms with Crippen LogP contribution in [0.5, 0.6) is 5.75 Å². The van der Waals surface area contributed by atoms with E-state index < -0.39 is 15.0 Å². The zero-order chi connectivity index (χ0) is 10.6. The Kier molecular flexibility index (Phi) is 4.07. The summed E-state index contributed by atoms with van der Waals surface area (Å²) >= 11 is 0. The lowest BCUT2D eigenvalue weighted by molar-refractivity contribution is 0.414. The second-order valence-electron chi connectivity index (χ2n) is 3.12. The molecule has 0 saturated heterocycles. The van der Waals surface area contributed by atoms with Crippen LogP contribution in [0.15, 0.2) is 24.3 Å². The van der Waals surface area contributed by atoms with E-state index in [1.165, 1.54) is 0 Å². The molecular formula is C10H14F2OSi. The minimum atomic E-state index is -3.58. The molecular weight excluding hydrogens is 202 g/mol. The fourth-order valence-electron chi connectivity index (χ4n) is 1.41. The summed E-state index contributed by atoms with van der Waals surface area (Å²) < 4.78 is 30.3. The van der Waals surface area contributed by atoms with Crippen LogP contribution in [0.2, 0.25) is 0 Å². The Balaban J connectivity index is 2.84. The lowest BCUT2D eigenvalue weighted by Crippen LogP contribution is -2.12. The Morgan fingerprint density at radius 3 is 2.21 bits per heavy atom. The summed E-state index contributed by atoms with van der Waals surface area (Å²) in [7, 11) is -2.01. The Morgan fingerprint density at radius 2 is 1.86 bits per heavy atom. The van der Waals surface area contributed by atoms with Crippen LogP contribution in [-0.4, -0.2) is 16.6 Å². The third-order valence-electron chi connectivity index (χ3n) is 2.29. The zero-order valence-electron chi connectivity index (χ0n) is 8.34. The topological polar surface area (TPSA) is 9.23 Å². The first kappa shape index (κ1) is 11.2. The smallest absolute Gasteiger partial charge is 0.418 e. The van der Waals surface area contributed by atoms with Crippen LogP contribution in [0.25, 0.3) is 0 Å². The molecule has 0 fully saturated rings. The van der Waals surface area contributed by atoms with Gasteiger partial charge in [0.2, 0.25) is 0 Å². The van der Waals surface area contributed by atoms with Crippen LogP contribution < -0.4 is 4.74 Å². The molecule has 0 aliphatic rings. The fourth-order valence-corrected chi connectivity index (χ4v) is 2.28. The van der Waals surface area contributed by atoms with Gasteiger partial charge >= 0.3 is 9.46 Å². The average molecular weight is 216 g/mol. The standard InChI is InChI=1S/C10H14F2OSi/c1-3-10(14(11)12)8-4-6-9(13-2)7-5-8/h4-7,10,14H,3H2,1-2H3. The quantitative estimate of drug-likeness (QED) is 0.555. The van der Waals surface area contributed by atoms with Gasteiger partial charge in [0.15, 0.2) is 0 Å². The van der Waals surface area contributed by atoms with Crippen molar-refractivity contribution in [1.29, 1.82) is 0 Å². The van der Waals surface area contributed by atoms with Crippen molar-refractivity contribution in [3.8, 4) is 5.75 Å². The first-order valence-electron chi connectivity index (χ1n) is 4.61. The molecule has 0 saturated carbocycles. The maximum absolute atomic E-state index is 12.7. The van der Waals surface area contributed by atoms with Gasteiger partial charge in [-0.2, -0.15) is 0 Å². The summed E-state index contributed by atoms with van der Waals surface area (Å²) in [5, 5.41) is 0. The Morgan fingerprint density at radius 1 is 1.29 bits per heavy atom. The molecule has 0 amide bonds. The zero-order valence-corrected chi connectivity index (χ0v) is 9.49. The average Bonchev–Trinajstić information content (AvgIpc) is 2.19. The molecule has 0 radical (unpaired) electrons. The van der Waals surface area contributed by atoms with E-state index >= 15 is 0 Å². The van der Waals surface area contributed by atoms with Crippen molar-refractivity contribution in [3.63, 3.8) is 0 Å². The molecule has 0 heterocycles. The second-order valence-corrected chi connectivity index (χ2v) is 4.60. The Hall–Kier alpha value is -0.903. The molecule has 1 aromatic rings. The normalized spacial score (nSPS) is 12.9. The van der Waals surface area contributed by atoms with Gasteiger partial charge in [-0.3, -0.25) is 8.22 Å². The fraction of sp³-hybridized carbons (Fsp3) is 0.400. The number of methoxy groups -OCH3 is 1. The predicted molar refractivity (Wildman–Crippen MR) is 55.4 cm³/mol. The molecule has 1 rings (SSSR count). The van der Waals surface area contributed by atoms with Crippen molar-refractivity contribution in [3.05, 3.63) is 29.8 Å². The van der Waals surface area contributed by atoms with Gasteiger partial charge < -0.3 is 4.74 Å². The van der Waals surface area contributed by atoms with E-state index in [0.717, 1.165) is 5.56 Å². The first-order chi connectivity index (χ1) is 6.69. The van der Waals surface area contributed by atoms with E-state index in [9.17, 15) is 8.22 Å². The molecule has 0 aromatic heterocycles. The Labute approximate surface area is 84.7 Å². The highest BCUT2D eigenvalue weighted by Gasteiger charge is 2.23. The van der Waals surface area contributed by atoms with E-state index in [1.54, 1.807) is 38.3 Å². The lowest BCUT2D eigenvalue weighted by atomic mass is 10.1. The minimum absolute atomic E-state index is 0.510. The van der Waals surface area contributed by atoms with Gasteiger partial charge in [0.25, 0.3) is 0 Å². The predicted octanol–water partition coefficient (Wildman–Crippen LogP) is 2.89. The van der Waals surface area contributed by atoms with Crippen LogP contribution in [0.4, 0.5) is 8.22 Å². The number of hydrogen-bond donors (Lipinski definition) is 0. The third-order valence-corrected chi connectivity index (χ3v) is 3.75. The van der Waals surface area contributed by atoms with Crippen LogP contribution in [0.3, 0.4) is 0 Å². The number of halogens is 2. The van der Waals surface area contributed by atoms with Crippen molar-refractivity contribution in [2.75, 3.05) is 7.11 Å². The summed E-state index contributed by atoms with van der Waals surface area (Å²) in [4.78, 5) is 0. The summed E-state index contributed by atoms with van der Waals surface area (Å²) in [6.07, 6.45) is 0.510. The van der Waals surface area contributed by atoms with E-state index in [4.69, 9.17) is 4.74 Å². The van der Waals surface area contributed by atoms with Gasteiger partial charge in [0, 0.05) is 5.54 Å². The van der Waals surface area contributed by atoms with Gasteiger partial charge in [-0.1, -0.05) is 19.1 Å². The number of ether oxygens (including phenoxy) is 1. The molecule has 0 N–H and O–H groups in total. The van der Waals surface area contributed by atoms with Crippen molar-refractivity contribution in [2.24, 2.45) is 0 Å². The van der Waals surface area contributed by atoms with E-state index in [1.807, 2.05) is 0 Å². The van der Waals surface area contributed by atoms with E-state index in [-0.39, 0.29) is 0 Å². The highest BCUT2D eigenvalue weighted by molar-refractivity contribution is 6.44. The maximum atomic E-state index is 12.7. The molecule has 1 aromatic carbocycles. The highest BCUT2D eigenvalue weighted by Crippen LogP contribution is 2.25. The molecule has 1 atom stereocenters. The minimum Gasteiger partial charge on any atom is -0.497 e. The van der Waals surface area contributed by atoms with Crippen molar-refractivity contribution < 1.29 is 13.0 Å². The Bertz CT molecular complexity index is 274. The summed E-state index contributed by atoms with van der Waals surface area (Å²) in [5.74, 6) is 0.708. The largest absolute Gasteiger partial charge is 0.497 e. The third kappa shape index (κ3) is 2.54. The monoisotopic (exact) mass is 216 g/mol. The molecule has 1 nitrogen and oxygen atoms in total. The molecule has 0 aliphatic heterocycles.